The topological polar surface area (TPSA) is 41.6 Å². The highest BCUT2D eigenvalue weighted by atomic mass is 19.1. The first kappa shape index (κ1) is 20.1. The van der Waals surface area contributed by atoms with Crippen molar-refractivity contribution >= 4 is 17.3 Å². The van der Waals surface area contributed by atoms with Crippen LogP contribution in [0.3, 0.4) is 0 Å². The standard InChI is InChI=1S/C25H25FN2O2/c26-22-17-21(13-14-23(22)28-15-7-8-16-28)27-24(29)18-30-25(19-9-3-1-4-10-19)20-11-5-2-6-12-20/h1-6,9-14,17,25H,7-8,15-16,18H2,(H,27,29). The Morgan fingerprint density at radius 1 is 0.933 bits per heavy atom. The molecule has 154 valence electrons. The van der Waals surface area contributed by atoms with Crippen LogP contribution in [0.15, 0.2) is 78.9 Å². The van der Waals surface area contributed by atoms with Crippen LogP contribution in [0.25, 0.3) is 0 Å². The summed E-state index contributed by atoms with van der Waals surface area (Å²) in [4.78, 5) is 14.5. The Balaban J connectivity index is 1.41. The first-order valence-electron chi connectivity index (χ1n) is 10.3. The molecule has 4 nitrogen and oxygen atoms in total. The Labute approximate surface area is 176 Å². The van der Waals surface area contributed by atoms with Crippen molar-refractivity contribution in [2.24, 2.45) is 0 Å². The number of rotatable bonds is 7. The summed E-state index contributed by atoms with van der Waals surface area (Å²) >= 11 is 0. The lowest BCUT2D eigenvalue weighted by Gasteiger charge is -2.20. The van der Waals surface area contributed by atoms with E-state index in [0.29, 0.717) is 11.4 Å². The summed E-state index contributed by atoms with van der Waals surface area (Å²) in [6.45, 7) is 1.61. The minimum absolute atomic E-state index is 0.135. The van der Waals surface area contributed by atoms with Crippen LogP contribution < -0.4 is 10.2 Å². The number of ether oxygens (including phenoxy) is 1. The van der Waals surface area contributed by atoms with E-state index < -0.39 is 0 Å². The van der Waals surface area contributed by atoms with Gasteiger partial charge >= 0.3 is 0 Å². The van der Waals surface area contributed by atoms with Gasteiger partial charge in [-0.05, 0) is 42.2 Å². The van der Waals surface area contributed by atoms with E-state index >= 15 is 0 Å². The van der Waals surface area contributed by atoms with Crippen LogP contribution in [-0.4, -0.2) is 25.6 Å². The Kier molecular flexibility index (Phi) is 6.40. The minimum Gasteiger partial charge on any atom is -0.369 e. The van der Waals surface area contributed by atoms with Gasteiger partial charge in [-0.3, -0.25) is 4.79 Å². The number of halogens is 1. The number of benzene rings is 3. The molecule has 5 heteroatoms. The fourth-order valence-electron chi connectivity index (χ4n) is 3.80. The minimum atomic E-state index is -0.354. The number of nitrogens with zero attached hydrogens (tertiary/aromatic N) is 1. The SMILES string of the molecule is O=C(COC(c1ccccc1)c1ccccc1)Nc1ccc(N2CCCC2)c(F)c1. The van der Waals surface area contributed by atoms with E-state index in [4.69, 9.17) is 4.74 Å². The second kappa shape index (κ2) is 9.55. The summed E-state index contributed by atoms with van der Waals surface area (Å²) in [5.41, 5.74) is 2.96. The molecular weight excluding hydrogens is 379 g/mol. The van der Waals surface area contributed by atoms with Crippen molar-refractivity contribution in [3.05, 3.63) is 95.8 Å². The molecule has 0 saturated carbocycles. The van der Waals surface area contributed by atoms with Gasteiger partial charge in [0.05, 0.1) is 5.69 Å². The lowest BCUT2D eigenvalue weighted by molar-refractivity contribution is -0.121. The van der Waals surface area contributed by atoms with Crippen molar-refractivity contribution in [3.63, 3.8) is 0 Å². The van der Waals surface area contributed by atoms with Gasteiger partial charge in [0, 0.05) is 18.8 Å². The molecule has 3 aromatic carbocycles. The highest BCUT2D eigenvalue weighted by molar-refractivity contribution is 5.91. The Bertz CT molecular complexity index is 933. The molecule has 1 amide bonds. The molecule has 0 unspecified atom stereocenters. The smallest absolute Gasteiger partial charge is 0.250 e. The highest BCUT2D eigenvalue weighted by Gasteiger charge is 2.18. The predicted molar refractivity (Wildman–Crippen MR) is 117 cm³/mol. The van der Waals surface area contributed by atoms with Crippen LogP contribution in [0, 0.1) is 5.82 Å². The Morgan fingerprint density at radius 3 is 2.10 bits per heavy atom. The normalized spacial score (nSPS) is 13.6. The van der Waals surface area contributed by atoms with E-state index in [1.54, 1.807) is 12.1 Å². The zero-order valence-corrected chi connectivity index (χ0v) is 16.8. The summed E-state index contributed by atoms with van der Waals surface area (Å²) in [6.07, 6.45) is 1.81. The average molecular weight is 404 g/mol. The average Bonchev–Trinajstić information content (AvgIpc) is 3.30. The van der Waals surface area contributed by atoms with E-state index in [1.807, 2.05) is 65.6 Å². The van der Waals surface area contributed by atoms with Crippen molar-refractivity contribution in [1.82, 2.24) is 0 Å². The molecule has 0 radical (unpaired) electrons. The molecule has 0 bridgehead atoms. The zero-order valence-electron chi connectivity index (χ0n) is 16.8. The van der Waals surface area contributed by atoms with Gasteiger partial charge in [-0.1, -0.05) is 60.7 Å². The quantitative estimate of drug-likeness (QED) is 0.591. The van der Waals surface area contributed by atoms with Crippen LogP contribution in [0.5, 0.6) is 0 Å². The predicted octanol–water partition coefficient (Wildman–Crippen LogP) is 5.17. The van der Waals surface area contributed by atoms with Crippen molar-refractivity contribution < 1.29 is 13.9 Å². The van der Waals surface area contributed by atoms with Crippen molar-refractivity contribution in [2.75, 3.05) is 29.9 Å². The van der Waals surface area contributed by atoms with Crippen molar-refractivity contribution in [2.45, 2.75) is 18.9 Å². The first-order valence-corrected chi connectivity index (χ1v) is 10.3. The third-order valence-electron chi connectivity index (χ3n) is 5.26. The van der Waals surface area contributed by atoms with Gasteiger partial charge in [-0.25, -0.2) is 4.39 Å². The van der Waals surface area contributed by atoms with Crippen molar-refractivity contribution in [1.29, 1.82) is 0 Å². The van der Waals surface area contributed by atoms with E-state index in [2.05, 4.69) is 5.32 Å². The molecule has 3 aromatic rings. The number of carbonyl (C=O) groups excluding carboxylic acids is 1. The molecule has 0 atom stereocenters. The van der Waals surface area contributed by atoms with Gasteiger partial charge in [0.15, 0.2) is 0 Å². The maximum absolute atomic E-state index is 14.5. The Morgan fingerprint density at radius 2 is 1.53 bits per heavy atom. The molecule has 30 heavy (non-hydrogen) atoms. The number of anilines is 2. The molecule has 0 spiro atoms. The summed E-state index contributed by atoms with van der Waals surface area (Å²) < 4.78 is 20.5. The van der Waals surface area contributed by atoms with Gasteiger partial charge in [-0.2, -0.15) is 0 Å². The number of carbonyl (C=O) groups is 1. The second-order valence-electron chi connectivity index (χ2n) is 7.42. The molecule has 1 N–H and O–H groups in total. The summed E-state index contributed by atoms with van der Waals surface area (Å²) in [5.74, 6) is -0.637. The molecular formula is C25H25FN2O2. The number of hydrogen-bond acceptors (Lipinski definition) is 3. The molecule has 1 fully saturated rings. The number of hydrogen-bond donors (Lipinski definition) is 1. The summed E-state index contributed by atoms with van der Waals surface area (Å²) in [6, 6.07) is 24.4. The van der Waals surface area contributed by atoms with E-state index in [0.717, 1.165) is 37.1 Å². The van der Waals surface area contributed by atoms with Gasteiger partial charge in [0.25, 0.3) is 0 Å². The van der Waals surface area contributed by atoms with Crippen LogP contribution in [0.1, 0.15) is 30.1 Å². The van der Waals surface area contributed by atoms with Crippen LogP contribution >= 0.6 is 0 Å². The van der Waals surface area contributed by atoms with E-state index in [1.165, 1.54) is 6.07 Å². The summed E-state index contributed by atoms with van der Waals surface area (Å²) in [5, 5.41) is 2.74. The van der Waals surface area contributed by atoms with Crippen molar-refractivity contribution in [3.8, 4) is 0 Å². The van der Waals surface area contributed by atoms with E-state index in [-0.39, 0.29) is 24.4 Å². The monoisotopic (exact) mass is 404 g/mol. The van der Waals surface area contributed by atoms with Gasteiger partial charge in [0.2, 0.25) is 5.91 Å². The molecule has 4 rings (SSSR count). The lowest BCUT2D eigenvalue weighted by atomic mass is 10.0. The van der Waals surface area contributed by atoms with Crippen LogP contribution in [-0.2, 0) is 9.53 Å². The fourth-order valence-corrected chi connectivity index (χ4v) is 3.80. The highest BCUT2D eigenvalue weighted by Crippen LogP contribution is 2.27. The fraction of sp³-hybridized carbons (Fsp3) is 0.240. The molecule has 0 aliphatic carbocycles. The molecule has 1 aliphatic heterocycles. The first-order chi connectivity index (χ1) is 14.7. The zero-order chi connectivity index (χ0) is 20.8. The maximum atomic E-state index is 14.5. The molecule has 1 saturated heterocycles. The number of amides is 1. The largest absolute Gasteiger partial charge is 0.369 e. The third kappa shape index (κ3) is 4.86. The molecule has 1 heterocycles. The van der Waals surface area contributed by atoms with Gasteiger partial charge in [-0.15, -0.1) is 0 Å². The van der Waals surface area contributed by atoms with Crippen LogP contribution in [0.2, 0.25) is 0 Å². The molecule has 0 aromatic heterocycles. The summed E-state index contributed by atoms with van der Waals surface area (Å²) in [7, 11) is 0. The Hall–Kier alpha value is -3.18. The molecule has 1 aliphatic rings. The lowest BCUT2D eigenvalue weighted by Crippen LogP contribution is -2.21. The third-order valence-corrected chi connectivity index (χ3v) is 5.26. The van der Waals surface area contributed by atoms with E-state index in [9.17, 15) is 9.18 Å². The van der Waals surface area contributed by atoms with Gasteiger partial charge in [0.1, 0.15) is 18.5 Å². The second-order valence-corrected chi connectivity index (χ2v) is 7.42. The van der Waals surface area contributed by atoms with Gasteiger partial charge < -0.3 is 15.0 Å². The maximum Gasteiger partial charge on any atom is 0.250 e. The van der Waals surface area contributed by atoms with Crippen LogP contribution in [0.4, 0.5) is 15.8 Å². The number of nitrogens with one attached hydrogen (secondary N) is 1.